The van der Waals surface area contributed by atoms with Gasteiger partial charge in [0.05, 0.1) is 12.8 Å². The number of nitrogens with zero attached hydrogens (tertiary/aromatic N) is 4. The molecule has 2 heterocycles. The number of sulfonamides is 1. The maximum Gasteiger partial charge on any atom is 0.237 e. The summed E-state index contributed by atoms with van der Waals surface area (Å²) in [6.07, 6.45) is 4.35. The van der Waals surface area contributed by atoms with Crippen molar-refractivity contribution in [3.8, 4) is 0 Å². The lowest BCUT2D eigenvalue weighted by Crippen LogP contribution is -2.50. The third kappa shape index (κ3) is 4.75. The molecule has 1 aliphatic heterocycles. The maximum atomic E-state index is 12.3. The number of rotatable bonds is 5. The van der Waals surface area contributed by atoms with Gasteiger partial charge in [0.2, 0.25) is 15.9 Å². The summed E-state index contributed by atoms with van der Waals surface area (Å²) in [5.41, 5.74) is 0.812. The van der Waals surface area contributed by atoms with Gasteiger partial charge < -0.3 is 9.80 Å². The predicted molar refractivity (Wildman–Crippen MR) is 83.6 cm³/mol. The van der Waals surface area contributed by atoms with E-state index in [1.54, 1.807) is 29.4 Å². The Labute approximate surface area is 131 Å². The van der Waals surface area contributed by atoms with E-state index in [4.69, 9.17) is 0 Å². The Morgan fingerprint density at radius 2 is 1.82 bits per heavy atom. The molecule has 1 aromatic heterocycles. The average Bonchev–Trinajstić information content (AvgIpc) is 2.47. The molecule has 0 aliphatic carbocycles. The highest BCUT2D eigenvalue weighted by atomic mass is 32.2. The second-order valence-corrected chi connectivity index (χ2v) is 7.55. The highest BCUT2D eigenvalue weighted by Gasteiger charge is 2.25. The number of carbonyl (C=O) groups is 1. The Morgan fingerprint density at radius 1 is 1.23 bits per heavy atom. The van der Waals surface area contributed by atoms with E-state index in [0.717, 1.165) is 24.9 Å². The lowest BCUT2D eigenvalue weighted by atomic mass is 10.2. The molecule has 0 radical (unpaired) electrons. The molecule has 1 aromatic rings. The van der Waals surface area contributed by atoms with Crippen LogP contribution in [0.3, 0.4) is 0 Å². The van der Waals surface area contributed by atoms with Crippen molar-refractivity contribution >= 4 is 15.9 Å². The van der Waals surface area contributed by atoms with Crippen LogP contribution in [0.5, 0.6) is 0 Å². The number of pyridine rings is 1. The molecule has 0 N–H and O–H groups in total. The Kier molecular flexibility index (Phi) is 5.49. The number of piperazine rings is 1. The largest absolute Gasteiger partial charge is 0.339 e. The van der Waals surface area contributed by atoms with E-state index in [0.29, 0.717) is 13.1 Å². The highest BCUT2D eigenvalue weighted by Crippen LogP contribution is 2.09. The highest BCUT2D eigenvalue weighted by molar-refractivity contribution is 7.88. The van der Waals surface area contributed by atoms with Crippen LogP contribution in [0.4, 0.5) is 0 Å². The van der Waals surface area contributed by atoms with Crippen LogP contribution in [-0.2, 0) is 21.4 Å². The van der Waals surface area contributed by atoms with Crippen LogP contribution in [0.25, 0.3) is 0 Å². The standard InChI is InChI=1S/C14H22N4O3S/c1-16-7-9-17(10-8-16)14(19)12-18(22(2,20)21)11-13-3-5-15-6-4-13/h3-6H,7-12H2,1-2H3. The van der Waals surface area contributed by atoms with Gasteiger partial charge in [-0.1, -0.05) is 0 Å². The molecule has 0 spiro atoms. The maximum absolute atomic E-state index is 12.3. The van der Waals surface area contributed by atoms with Crippen LogP contribution in [-0.4, -0.2) is 79.4 Å². The Morgan fingerprint density at radius 3 is 2.36 bits per heavy atom. The van der Waals surface area contributed by atoms with Gasteiger partial charge in [0.1, 0.15) is 0 Å². The van der Waals surface area contributed by atoms with Crippen molar-refractivity contribution in [3.63, 3.8) is 0 Å². The van der Waals surface area contributed by atoms with E-state index in [1.165, 1.54) is 4.31 Å². The van der Waals surface area contributed by atoms with Crippen molar-refractivity contribution in [1.29, 1.82) is 0 Å². The summed E-state index contributed by atoms with van der Waals surface area (Å²) in [5.74, 6) is -0.146. The fourth-order valence-electron chi connectivity index (χ4n) is 2.29. The fraction of sp³-hybridized carbons (Fsp3) is 0.571. The number of hydrogen-bond acceptors (Lipinski definition) is 5. The molecule has 8 heteroatoms. The van der Waals surface area contributed by atoms with Crippen LogP contribution >= 0.6 is 0 Å². The molecule has 1 fully saturated rings. The van der Waals surface area contributed by atoms with Gasteiger partial charge >= 0.3 is 0 Å². The topological polar surface area (TPSA) is 73.8 Å². The van der Waals surface area contributed by atoms with Gasteiger partial charge in [0.15, 0.2) is 0 Å². The van der Waals surface area contributed by atoms with Crippen LogP contribution in [0.1, 0.15) is 5.56 Å². The smallest absolute Gasteiger partial charge is 0.237 e. The quantitative estimate of drug-likeness (QED) is 0.737. The van der Waals surface area contributed by atoms with Crippen LogP contribution in [0, 0.1) is 0 Å². The first kappa shape index (κ1) is 16.9. The van der Waals surface area contributed by atoms with E-state index in [1.807, 2.05) is 7.05 Å². The summed E-state index contributed by atoms with van der Waals surface area (Å²) in [6, 6.07) is 3.50. The molecule has 122 valence electrons. The van der Waals surface area contributed by atoms with Crippen LogP contribution < -0.4 is 0 Å². The van der Waals surface area contributed by atoms with Gasteiger partial charge in [0.25, 0.3) is 0 Å². The normalized spacial score (nSPS) is 17.0. The molecular formula is C14H22N4O3S. The SMILES string of the molecule is CN1CCN(C(=O)CN(Cc2ccncc2)S(C)(=O)=O)CC1. The van der Waals surface area contributed by atoms with Crippen molar-refractivity contribution < 1.29 is 13.2 Å². The predicted octanol–water partition coefficient (Wildman–Crippen LogP) is -0.383. The fourth-order valence-corrected chi connectivity index (χ4v) is 3.02. The molecule has 7 nitrogen and oxygen atoms in total. The number of carbonyl (C=O) groups excluding carboxylic acids is 1. The summed E-state index contributed by atoms with van der Waals surface area (Å²) in [6.45, 7) is 2.97. The van der Waals surface area contributed by atoms with Gasteiger partial charge in [-0.05, 0) is 24.7 Å². The lowest BCUT2D eigenvalue weighted by Gasteiger charge is -2.33. The molecule has 2 rings (SSSR count). The van der Waals surface area contributed by atoms with Gasteiger partial charge in [-0.2, -0.15) is 4.31 Å². The molecule has 1 amide bonds. The second-order valence-electron chi connectivity index (χ2n) is 5.57. The van der Waals surface area contributed by atoms with Gasteiger partial charge in [-0.15, -0.1) is 0 Å². The minimum Gasteiger partial charge on any atom is -0.339 e. The van der Waals surface area contributed by atoms with Gasteiger partial charge in [0, 0.05) is 45.1 Å². The minimum atomic E-state index is -3.45. The molecule has 22 heavy (non-hydrogen) atoms. The van der Waals surface area contributed by atoms with Crippen LogP contribution in [0.15, 0.2) is 24.5 Å². The molecule has 0 unspecified atom stereocenters. The Balaban J connectivity index is 2.02. The monoisotopic (exact) mass is 326 g/mol. The number of aromatic nitrogens is 1. The third-order valence-electron chi connectivity index (χ3n) is 3.74. The number of amides is 1. The third-order valence-corrected chi connectivity index (χ3v) is 4.94. The first-order valence-electron chi connectivity index (χ1n) is 7.16. The summed E-state index contributed by atoms with van der Waals surface area (Å²) in [4.78, 5) is 20.1. The zero-order valence-electron chi connectivity index (χ0n) is 13.0. The van der Waals surface area contributed by atoms with Crippen molar-refractivity contribution in [2.24, 2.45) is 0 Å². The van der Waals surface area contributed by atoms with Crippen molar-refractivity contribution in [2.45, 2.75) is 6.54 Å². The van der Waals surface area contributed by atoms with E-state index in [9.17, 15) is 13.2 Å². The van der Waals surface area contributed by atoms with E-state index in [-0.39, 0.29) is 19.0 Å². The van der Waals surface area contributed by atoms with Crippen molar-refractivity contribution in [2.75, 3.05) is 46.0 Å². The molecule has 1 aliphatic rings. The van der Waals surface area contributed by atoms with Crippen molar-refractivity contribution in [1.82, 2.24) is 19.1 Å². The van der Waals surface area contributed by atoms with Gasteiger partial charge in [-0.3, -0.25) is 9.78 Å². The van der Waals surface area contributed by atoms with E-state index >= 15 is 0 Å². The van der Waals surface area contributed by atoms with E-state index in [2.05, 4.69) is 9.88 Å². The lowest BCUT2D eigenvalue weighted by molar-refractivity contribution is -0.133. The minimum absolute atomic E-state index is 0.120. The van der Waals surface area contributed by atoms with Crippen molar-refractivity contribution in [3.05, 3.63) is 30.1 Å². The van der Waals surface area contributed by atoms with E-state index < -0.39 is 10.0 Å². The number of hydrogen-bond donors (Lipinski definition) is 0. The van der Waals surface area contributed by atoms with Crippen LogP contribution in [0.2, 0.25) is 0 Å². The summed E-state index contributed by atoms with van der Waals surface area (Å²) in [7, 11) is -1.44. The second kappa shape index (κ2) is 7.17. The molecule has 0 atom stereocenters. The molecule has 0 saturated carbocycles. The zero-order chi connectivity index (χ0) is 16.2. The molecule has 0 bridgehead atoms. The average molecular weight is 326 g/mol. The first-order chi connectivity index (χ1) is 10.4. The Hall–Kier alpha value is -1.51. The number of likely N-dealkylation sites (N-methyl/N-ethyl adjacent to an activating group) is 1. The summed E-state index contributed by atoms with van der Waals surface area (Å²) >= 11 is 0. The zero-order valence-corrected chi connectivity index (χ0v) is 13.8. The molecule has 0 aromatic carbocycles. The molecular weight excluding hydrogens is 304 g/mol. The van der Waals surface area contributed by atoms with Gasteiger partial charge in [-0.25, -0.2) is 8.42 Å². The Bertz CT molecular complexity index is 598. The molecule has 1 saturated heterocycles. The first-order valence-corrected chi connectivity index (χ1v) is 9.01. The summed E-state index contributed by atoms with van der Waals surface area (Å²) in [5, 5.41) is 0. The summed E-state index contributed by atoms with van der Waals surface area (Å²) < 4.78 is 25.1.